The number of carbonyl (C=O) groups excluding carboxylic acids is 1. The Labute approximate surface area is 192 Å². The van der Waals surface area contributed by atoms with Crippen LogP contribution in [0.5, 0.6) is 11.5 Å². The van der Waals surface area contributed by atoms with Gasteiger partial charge >= 0.3 is 0 Å². The van der Waals surface area contributed by atoms with Crippen molar-refractivity contribution in [3.05, 3.63) is 35.9 Å². The summed E-state index contributed by atoms with van der Waals surface area (Å²) in [6.07, 6.45) is 0. The van der Waals surface area contributed by atoms with E-state index in [0.717, 1.165) is 15.7 Å². The second kappa shape index (κ2) is 11.0. The minimum absolute atomic E-state index is 0.0902. The fraction of sp³-hybridized carbons (Fsp3) is 0.250. The van der Waals surface area contributed by atoms with Crippen LogP contribution in [0.2, 0.25) is 0 Å². The predicted molar refractivity (Wildman–Crippen MR) is 123 cm³/mol. The number of hydrogen-bond donors (Lipinski definition) is 1. The third-order valence-corrected chi connectivity index (χ3v) is 6.77. The largest absolute Gasteiger partial charge is 0.493 e. The van der Waals surface area contributed by atoms with E-state index < -0.39 is 0 Å². The first kappa shape index (κ1) is 22.9. The van der Waals surface area contributed by atoms with Crippen molar-refractivity contribution in [2.75, 3.05) is 31.0 Å². The number of pyridine rings is 1. The number of hydrogen-bond acceptors (Lipinski definition) is 10. The topological polar surface area (TPSA) is 110 Å². The average Bonchev–Trinajstić information content (AvgIpc) is 3.23. The first-order valence-electron chi connectivity index (χ1n) is 9.10. The average molecular weight is 474 g/mol. The molecule has 0 radical (unpaired) electrons. The van der Waals surface area contributed by atoms with Gasteiger partial charge in [-0.25, -0.2) is 4.98 Å². The summed E-state index contributed by atoms with van der Waals surface area (Å²) < 4.78 is 11.4. The summed E-state index contributed by atoms with van der Waals surface area (Å²) in [7, 11) is 3.14. The number of nitrogens with one attached hydrogen (secondary N) is 1. The zero-order chi connectivity index (χ0) is 22.2. The third-order valence-electron chi connectivity index (χ3n) is 3.92. The number of rotatable bonds is 9. The van der Waals surface area contributed by atoms with Crippen LogP contribution in [0.25, 0.3) is 11.3 Å². The molecule has 1 N–H and O–H groups in total. The van der Waals surface area contributed by atoms with E-state index in [9.17, 15) is 10.1 Å². The number of methoxy groups -OCH3 is 2. The molecule has 0 spiro atoms. The van der Waals surface area contributed by atoms with Gasteiger partial charge in [-0.2, -0.15) is 5.26 Å². The van der Waals surface area contributed by atoms with Gasteiger partial charge < -0.3 is 9.47 Å². The minimum atomic E-state index is -0.239. The normalized spacial score (nSPS) is 10.4. The highest BCUT2D eigenvalue weighted by atomic mass is 32.2. The molecule has 0 bridgehead atoms. The number of amides is 1. The Morgan fingerprint density at radius 3 is 2.68 bits per heavy atom. The lowest BCUT2D eigenvalue weighted by Gasteiger charge is -2.10. The van der Waals surface area contributed by atoms with Gasteiger partial charge in [0.25, 0.3) is 0 Å². The molecule has 0 unspecified atom stereocenters. The number of nitrogens with zero attached hydrogens (tertiary/aromatic N) is 4. The highest BCUT2D eigenvalue weighted by Crippen LogP contribution is 2.33. The van der Waals surface area contributed by atoms with E-state index in [4.69, 9.17) is 9.47 Å². The van der Waals surface area contributed by atoms with Crippen LogP contribution in [0.1, 0.15) is 12.5 Å². The SMILES string of the molecule is CCSc1nnc(NC(=O)CSc2nc(-c3ccc(OC)c(OC)c3)ccc2C#N)s1. The molecule has 3 aromatic rings. The van der Waals surface area contributed by atoms with Gasteiger partial charge in [0.15, 0.2) is 15.8 Å². The number of anilines is 1. The van der Waals surface area contributed by atoms with Crippen LogP contribution >= 0.6 is 34.9 Å². The smallest absolute Gasteiger partial charge is 0.236 e. The summed E-state index contributed by atoms with van der Waals surface area (Å²) in [5.74, 6) is 1.93. The molecule has 0 saturated carbocycles. The third kappa shape index (κ3) is 5.88. The van der Waals surface area contributed by atoms with Crippen LogP contribution in [-0.4, -0.2) is 46.8 Å². The van der Waals surface area contributed by atoms with Crippen LogP contribution in [0.3, 0.4) is 0 Å². The van der Waals surface area contributed by atoms with E-state index in [1.807, 2.05) is 19.1 Å². The van der Waals surface area contributed by atoms with Crippen LogP contribution in [0.15, 0.2) is 39.7 Å². The quantitative estimate of drug-likeness (QED) is 0.358. The Hall–Kier alpha value is -2.81. The number of nitriles is 1. The monoisotopic (exact) mass is 473 g/mol. The van der Waals surface area contributed by atoms with Gasteiger partial charge in [-0.3, -0.25) is 10.1 Å². The lowest BCUT2D eigenvalue weighted by Crippen LogP contribution is -2.14. The maximum atomic E-state index is 12.3. The zero-order valence-corrected chi connectivity index (χ0v) is 19.5. The van der Waals surface area contributed by atoms with Gasteiger partial charge in [-0.1, -0.05) is 41.8 Å². The van der Waals surface area contributed by atoms with Crippen molar-refractivity contribution >= 4 is 45.9 Å². The molecule has 31 heavy (non-hydrogen) atoms. The molecule has 0 atom stereocenters. The second-order valence-corrected chi connectivity index (χ2v) is 9.33. The first-order chi connectivity index (χ1) is 15.1. The molecule has 1 amide bonds. The van der Waals surface area contributed by atoms with Gasteiger partial charge in [0.2, 0.25) is 11.0 Å². The highest BCUT2D eigenvalue weighted by Gasteiger charge is 2.14. The van der Waals surface area contributed by atoms with Gasteiger partial charge in [0, 0.05) is 5.56 Å². The molecule has 0 aliphatic carbocycles. The molecule has 2 aromatic heterocycles. The Kier molecular flexibility index (Phi) is 8.11. The molecule has 1 aromatic carbocycles. The molecule has 2 heterocycles. The van der Waals surface area contributed by atoms with Crippen molar-refractivity contribution in [3.8, 4) is 28.8 Å². The number of ether oxygens (including phenoxy) is 2. The second-order valence-electron chi connectivity index (χ2n) is 5.87. The van der Waals surface area contributed by atoms with E-state index in [0.29, 0.717) is 32.9 Å². The zero-order valence-electron chi connectivity index (χ0n) is 17.0. The van der Waals surface area contributed by atoms with E-state index in [-0.39, 0.29) is 11.7 Å². The number of benzene rings is 1. The molecule has 0 fully saturated rings. The maximum Gasteiger partial charge on any atom is 0.236 e. The summed E-state index contributed by atoms with van der Waals surface area (Å²) in [6.45, 7) is 2.02. The van der Waals surface area contributed by atoms with Crippen LogP contribution in [-0.2, 0) is 4.79 Å². The van der Waals surface area contributed by atoms with E-state index in [1.54, 1.807) is 44.2 Å². The number of thioether (sulfide) groups is 2. The van der Waals surface area contributed by atoms with E-state index in [2.05, 4.69) is 26.6 Å². The van der Waals surface area contributed by atoms with Gasteiger partial charge in [-0.05, 0) is 36.1 Å². The summed E-state index contributed by atoms with van der Waals surface area (Å²) in [6, 6.07) is 11.0. The Morgan fingerprint density at radius 2 is 1.97 bits per heavy atom. The fourth-order valence-corrected chi connectivity index (χ4v) is 4.96. The molecule has 160 valence electrons. The van der Waals surface area contributed by atoms with Crippen molar-refractivity contribution in [3.63, 3.8) is 0 Å². The van der Waals surface area contributed by atoms with Crippen LogP contribution in [0.4, 0.5) is 5.13 Å². The summed E-state index contributed by atoms with van der Waals surface area (Å²) in [5.41, 5.74) is 1.87. The van der Waals surface area contributed by atoms with Gasteiger partial charge in [0.05, 0.1) is 31.2 Å². The predicted octanol–water partition coefficient (Wildman–Crippen LogP) is 4.33. The molecular formula is C20H19N5O3S3. The molecule has 0 aliphatic heterocycles. The lowest BCUT2D eigenvalue weighted by atomic mass is 10.1. The number of aromatic nitrogens is 3. The van der Waals surface area contributed by atoms with Crippen molar-refractivity contribution in [2.45, 2.75) is 16.3 Å². The summed E-state index contributed by atoms with van der Waals surface area (Å²) in [4.78, 5) is 16.9. The molecule has 8 nitrogen and oxygen atoms in total. The molecule has 3 rings (SSSR count). The summed E-state index contributed by atoms with van der Waals surface area (Å²) >= 11 is 4.09. The first-order valence-corrected chi connectivity index (χ1v) is 11.9. The van der Waals surface area contributed by atoms with Crippen molar-refractivity contribution in [2.24, 2.45) is 0 Å². The minimum Gasteiger partial charge on any atom is -0.493 e. The van der Waals surface area contributed by atoms with Crippen LogP contribution in [0, 0.1) is 11.3 Å². The fourth-order valence-electron chi connectivity index (χ4n) is 2.52. The Morgan fingerprint density at radius 1 is 1.16 bits per heavy atom. The summed E-state index contributed by atoms with van der Waals surface area (Å²) in [5, 5.41) is 21.1. The number of carbonyl (C=O) groups is 1. The van der Waals surface area contributed by atoms with E-state index in [1.165, 1.54) is 23.1 Å². The van der Waals surface area contributed by atoms with Crippen LogP contribution < -0.4 is 14.8 Å². The van der Waals surface area contributed by atoms with Gasteiger partial charge in [-0.15, -0.1) is 10.2 Å². The van der Waals surface area contributed by atoms with Gasteiger partial charge in [0.1, 0.15) is 11.1 Å². The molecular weight excluding hydrogens is 454 g/mol. The Bertz CT molecular complexity index is 1110. The van der Waals surface area contributed by atoms with Crippen molar-refractivity contribution in [1.29, 1.82) is 5.26 Å². The molecule has 0 saturated heterocycles. The highest BCUT2D eigenvalue weighted by molar-refractivity contribution is 8.01. The molecule has 11 heteroatoms. The van der Waals surface area contributed by atoms with Crippen molar-refractivity contribution in [1.82, 2.24) is 15.2 Å². The standard InChI is InChI=1S/C20H19N5O3S3/c1-4-29-20-25-24-19(31-20)23-17(26)11-30-18-13(10-21)5-7-14(22-18)12-6-8-15(27-2)16(9-12)28-3/h5-9H,4,11H2,1-3H3,(H,23,24,26). The maximum absolute atomic E-state index is 12.3. The van der Waals surface area contributed by atoms with Crippen molar-refractivity contribution < 1.29 is 14.3 Å². The van der Waals surface area contributed by atoms with E-state index >= 15 is 0 Å². The molecule has 0 aliphatic rings. The Balaban J connectivity index is 1.73. The lowest BCUT2D eigenvalue weighted by molar-refractivity contribution is -0.113.